The smallest absolute Gasteiger partial charge is 0.698 e. The summed E-state index contributed by atoms with van der Waals surface area (Å²) < 4.78 is 0. The van der Waals surface area contributed by atoms with Gasteiger partial charge < -0.3 is 5.73 Å². The Morgan fingerprint density at radius 1 is 1.33 bits per heavy atom. The van der Waals surface area contributed by atoms with Crippen molar-refractivity contribution in [3.63, 3.8) is 0 Å². The van der Waals surface area contributed by atoms with E-state index >= 15 is 0 Å². The van der Waals surface area contributed by atoms with Gasteiger partial charge in [0.25, 0.3) is 0 Å². The summed E-state index contributed by atoms with van der Waals surface area (Å²) in [5, 5.41) is 8.25. The number of nitrogens with one attached hydrogen (secondary N) is 1. The number of hydrogen-bond donors (Lipinski definition) is 0. The van der Waals surface area contributed by atoms with Crippen molar-refractivity contribution in [2.24, 2.45) is 0 Å². The molecule has 0 spiro atoms. The zero-order valence-electron chi connectivity index (χ0n) is 6.91. The van der Waals surface area contributed by atoms with Crippen LogP contribution in [0, 0.1) is 11.3 Å². The molecule has 0 aliphatic carbocycles. The Kier molecular flexibility index (Phi) is 4.96. The largest absolute Gasteiger partial charge is 1.00 e. The molecule has 0 atom stereocenters. The molecule has 0 aliphatic rings. The molecule has 0 unspecified atom stereocenters. The standard InChI is InChI=1S/C9H7N2.Li/c10-7-6-9(11)8-4-2-1-3-5-8;/h1-6,11H;/q-1;+1/b9-6+;. The minimum absolute atomic E-state index is 0. The molecule has 0 aromatic heterocycles. The fourth-order valence-corrected chi connectivity index (χ4v) is 0.766. The fourth-order valence-electron chi connectivity index (χ4n) is 0.766. The predicted molar refractivity (Wildman–Crippen MR) is 44.4 cm³/mol. The molecule has 0 fully saturated rings. The molecule has 1 aromatic rings. The van der Waals surface area contributed by atoms with Gasteiger partial charge in [-0.15, -0.1) is 5.70 Å². The maximum atomic E-state index is 8.25. The van der Waals surface area contributed by atoms with Crippen LogP contribution >= 0.6 is 0 Å². The summed E-state index contributed by atoms with van der Waals surface area (Å²) in [4.78, 5) is 0. The molecule has 3 heteroatoms. The molecule has 0 aliphatic heterocycles. The summed E-state index contributed by atoms with van der Waals surface area (Å²) >= 11 is 0. The molecule has 0 saturated heterocycles. The van der Waals surface area contributed by atoms with Gasteiger partial charge in [-0.25, -0.2) is 0 Å². The number of allylic oxidation sites excluding steroid dienone is 1. The molecular formula is C9H7LiN2. The van der Waals surface area contributed by atoms with Crippen LogP contribution in [0.15, 0.2) is 36.4 Å². The van der Waals surface area contributed by atoms with Gasteiger partial charge in [-0.05, 0) is 5.56 Å². The van der Waals surface area contributed by atoms with E-state index in [0.29, 0.717) is 0 Å². The van der Waals surface area contributed by atoms with Crippen LogP contribution in [0.1, 0.15) is 5.56 Å². The molecule has 2 nitrogen and oxygen atoms in total. The maximum Gasteiger partial charge on any atom is 1.00 e. The third-order valence-electron chi connectivity index (χ3n) is 1.29. The Labute approximate surface area is 83.9 Å². The summed E-state index contributed by atoms with van der Waals surface area (Å²) in [5.74, 6) is 0. The van der Waals surface area contributed by atoms with Crippen LogP contribution in [-0.2, 0) is 0 Å². The van der Waals surface area contributed by atoms with Crippen molar-refractivity contribution in [3.05, 3.63) is 47.7 Å². The van der Waals surface area contributed by atoms with E-state index in [9.17, 15) is 0 Å². The van der Waals surface area contributed by atoms with Gasteiger partial charge in [0.2, 0.25) is 0 Å². The van der Waals surface area contributed by atoms with Crippen LogP contribution < -0.4 is 18.9 Å². The summed E-state index contributed by atoms with van der Waals surface area (Å²) in [6.45, 7) is 0. The summed E-state index contributed by atoms with van der Waals surface area (Å²) in [5.41, 5.74) is 8.38. The van der Waals surface area contributed by atoms with E-state index < -0.39 is 0 Å². The Morgan fingerprint density at radius 2 is 1.92 bits per heavy atom. The SMILES string of the molecule is N#C/C=C(/[NH-])c1ccccc1.[Li+]. The normalized spacial score (nSPS) is 9.75. The summed E-state index contributed by atoms with van der Waals surface area (Å²) in [6, 6.07) is 11.0. The third kappa shape index (κ3) is 2.84. The van der Waals surface area contributed by atoms with E-state index in [2.05, 4.69) is 0 Å². The first-order valence-electron chi connectivity index (χ1n) is 3.21. The minimum Gasteiger partial charge on any atom is -0.698 e. The molecule has 0 saturated carbocycles. The molecular weight excluding hydrogens is 143 g/mol. The first kappa shape index (κ1) is 10.8. The Bertz CT molecular complexity index is 298. The molecule has 1 aromatic carbocycles. The van der Waals surface area contributed by atoms with Crippen LogP contribution in [0.25, 0.3) is 11.4 Å². The first-order chi connectivity index (χ1) is 5.34. The molecule has 0 heterocycles. The van der Waals surface area contributed by atoms with Gasteiger partial charge in [-0.1, -0.05) is 30.3 Å². The summed E-state index contributed by atoms with van der Waals surface area (Å²) in [6.07, 6.45) is 1.22. The average Bonchev–Trinajstić information content (AvgIpc) is 2.07. The van der Waals surface area contributed by atoms with Gasteiger partial charge in [0.1, 0.15) is 0 Å². The second-order valence-corrected chi connectivity index (χ2v) is 2.05. The van der Waals surface area contributed by atoms with Crippen molar-refractivity contribution < 1.29 is 18.9 Å². The number of nitrogens with zero attached hydrogens (tertiary/aromatic N) is 1. The van der Waals surface area contributed by atoms with Crippen LogP contribution in [0.2, 0.25) is 0 Å². The quantitative estimate of drug-likeness (QED) is 0.397. The van der Waals surface area contributed by atoms with Gasteiger partial charge in [0.15, 0.2) is 0 Å². The monoisotopic (exact) mass is 150 g/mol. The van der Waals surface area contributed by atoms with Crippen LogP contribution in [0.3, 0.4) is 0 Å². The topological polar surface area (TPSA) is 47.6 Å². The number of benzene rings is 1. The molecule has 1 rings (SSSR count). The number of rotatable bonds is 1. The van der Waals surface area contributed by atoms with Crippen molar-refractivity contribution in [3.8, 4) is 6.07 Å². The van der Waals surface area contributed by atoms with Gasteiger partial charge in [-0.2, -0.15) is 5.26 Å². The van der Waals surface area contributed by atoms with Gasteiger partial charge in [0.05, 0.1) is 6.07 Å². The molecule has 54 valence electrons. The Balaban J connectivity index is 0.00000121. The Morgan fingerprint density at radius 3 is 2.42 bits per heavy atom. The van der Waals surface area contributed by atoms with E-state index in [1.54, 1.807) is 12.1 Å². The minimum atomic E-state index is 0. The van der Waals surface area contributed by atoms with Gasteiger partial charge in [0, 0.05) is 6.08 Å². The van der Waals surface area contributed by atoms with Gasteiger partial charge in [-0.3, -0.25) is 0 Å². The van der Waals surface area contributed by atoms with E-state index in [4.69, 9.17) is 11.0 Å². The van der Waals surface area contributed by atoms with Crippen molar-refractivity contribution in [1.29, 1.82) is 5.26 Å². The third-order valence-corrected chi connectivity index (χ3v) is 1.29. The molecule has 12 heavy (non-hydrogen) atoms. The van der Waals surface area contributed by atoms with E-state index in [0.717, 1.165) is 5.56 Å². The zero-order valence-corrected chi connectivity index (χ0v) is 6.91. The summed E-state index contributed by atoms with van der Waals surface area (Å²) in [7, 11) is 0. The number of hydrogen-bond acceptors (Lipinski definition) is 1. The fraction of sp³-hybridized carbons (Fsp3) is 0. The molecule has 0 bridgehead atoms. The van der Waals surface area contributed by atoms with E-state index in [1.165, 1.54) is 6.08 Å². The second kappa shape index (κ2) is 5.49. The van der Waals surface area contributed by atoms with Crippen molar-refractivity contribution >= 4 is 5.70 Å². The molecule has 0 radical (unpaired) electrons. The Hall–Kier alpha value is -1.15. The van der Waals surface area contributed by atoms with Crippen molar-refractivity contribution in [2.75, 3.05) is 0 Å². The second-order valence-electron chi connectivity index (χ2n) is 2.05. The average molecular weight is 150 g/mol. The maximum absolute atomic E-state index is 8.25. The first-order valence-corrected chi connectivity index (χ1v) is 3.21. The molecule has 1 N–H and O–H groups in total. The van der Waals surface area contributed by atoms with E-state index in [1.807, 2.05) is 24.3 Å². The predicted octanol–water partition coefficient (Wildman–Crippen LogP) is -0.393. The zero-order chi connectivity index (χ0) is 8.10. The molecule has 0 amide bonds. The van der Waals surface area contributed by atoms with Crippen LogP contribution in [0.5, 0.6) is 0 Å². The van der Waals surface area contributed by atoms with Crippen molar-refractivity contribution in [2.45, 2.75) is 0 Å². The van der Waals surface area contributed by atoms with E-state index in [-0.39, 0.29) is 24.6 Å². The van der Waals surface area contributed by atoms with Crippen LogP contribution in [-0.4, -0.2) is 0 Å². The van der Waals surface area contributed by atoms with Gasteiger partial charge >= 0.3 is 18.9 Å². The number of nitriles is 1. The van der Waals surface area contributed by atoms with Crippen LogP contribution in [0.4, 0.5) is 0 Å². The van der Waals surface area contributed by atoms with Crippen molar-refractivity contribution in [1.82, 2.24) is 0 Å².